The number of carbonyl (C=O) groups is 2. The molecule has 6 nitrogen and oxygen atoms in total. The number of amides is 2. The van der Waals surface area contributed by atoms with Gasteiger partial charge in [0.2, 0.25) is 0 Å². The maximum absolute atomic E-state index is 11.7. The molecule has 1 fully saturated rings. The van der Waals surface area contributed by atoms with Crippen molar-refractivity contribution in [3.8, 4) is 12.3 Å². The van der Waals surface area contributed by atoms with Crippen molar-refractivity contribution in [1.82, 2.24) is 9.80 Å². The lowest BCUT2D eigenvalue weighted by atomic mass is 10.3. The molecule has 0 saturated carbocycles. The number of piperazine rings is 1. The Hall–Kier alpha value is -2.16. The Morgan fingerprint density at radius 1 is 1.16 bits per heavy atom. The monoisotopic (exact) mass is 266 g/mol. The minimum Gasteiger partial charge on any atom is -0.445 e. The summed E-state index contributed by atoms with van der Waals surface area (Å²) in [7, 11) is 0. The van der Waals surface area contributed by atoms with E-state index in [1.807, 2.05) is 0 Å². The van der Waals surface area contributed by atoms with E-state index in [1.165, 1.54) is 4.90 Å². The summed E-state index contributed by atoms with van der Waals surface area (Å²) in [6, 6.07) is 0. The molecule has 0 atom stereocenters. The second-order valence-corrected chi connectivity index (χ2v) is 4.24. The molecule has 1 heterocycles. The van der Waals surface area contributed by atoms with Gasteiger partial charge in [-0.25, -0.2) is 9.59 Å². The average molecular weight is 266 g/mol. The molecule has 1 aliphatic rings. The van der Waals surface area contributed by atoms with Gasteiger partial charge < -0.3 is 19.3 Å². The molecule has 0 radical (unpaired) electrons. The fraction of sp³-hybridized carbons (Fsp3) is 0.538. The van der Waals surface area contributed by atoms with Gasteiger partial charge in [0.15, 0.2) is 6.61 Å². The first-order valence-corrected chi connectivity index (χ1v) is 5.96. The van der Waals surface area contributed by atoms with Crippen LogP contribution in [-0.4, -0.2) is 61.4 Å². The molecule has 0 aromatic heterocycles. The Morgan fingerprint density at radius 2 is 1.63 bits per heavy atom. The summed E-state index contributed by atoms with van der Waals surface area (Å²) in [6.45, 7) is 7.26. The lowest BCUT2D eigenvalue weighted by Crippen LogP contribution is -2.50. The molecule has 0 spiro atoms. The molecule has 0 aliphatic carbocycles. The summed E-state index contributed by atoms with van der Waals surface area (Å²) in [4.78, 5) is 26.2. The third-order valence-electron chi connectivity index (χ3n) is 2.52. The van der Waals surface area contributed by atoms with E-state index in [4.69, 9.17) is 15.9 Å². The van der Waals surface area contributed by atoms with E-state index in [9.17, 15) is 9.59 Å². The van der Waals surface area contributed by atoms with E-state index in [0.29, 0.717) is 26.2 Å². The lowest BCUT2D eigenvalue weighted by Gasteiger charge is -2.33. The first kappa shape index (κ1) is 14.9. The van der Waals surface area contributed by atoms with Gasteiger partial charge in [0, 0.05) is 26.2 Å². The Morgan fingerprint density at radius 3 is 2.05 bits per heavy atom. The minimum atomic E-state index is -0.451. The number of hydrogen-bond donors (Lipinski definition) is 0. The van der Waals surface area contributed by atoms with Crippen molar-refractivity contribution in [2.45, 2.75) is 6.92 Å². The second kappa shape index (κ2) is 7.31. The van der Waals surface area contributed by atoms with Crippen LogP contribution < -0.4 is 0 Å². The van der Waals surface area contributed by atoms with Crippen molar-refractivity contribution in [3.63, 3.8) is 0 Å². The maximum Gasteiger partial charge on any atom is 0.410 e. The van der Waals surface area contributed by atoms with Crippen molar-refractivity contribution >= 4 is 12.2 Å². The second-order valence-electron chi connectivity index (χ2n) is 4.24. The van der Waals surface area contributed by atoms with Crippen LogP contribution in [0.2, 0.25) is 0 Å². The number of rotatable bonds is 3. The highest BCUT2D eigenvalue weighted by Gasteiger charge is 2.25. The first-order valence-electron chi connectivity index (χ1n) is 5.96. The summed E-state index contributed by atoms with van der Waals surface area (Å²) >= 11 is 0. The highest BCUT2D eigenvalue weighted by Crippen LogP contribution is 2.06. The van der Waals surface area contributed by atoms with Crippen LogP contribution in [0, 0.1) is 12.3 Å². The van der Waals surface area contributed by atoms with Crippen LogP contribution in [0.5, 0.6) is 0 Å². The predicted octanol–water partition coefficient (Wildman–Crippen LogP) is 1.09. The largest absolute Gasteiger partial charge is 0.445 e. The standard InChI is InChI=1S/C13H18N2O4/c1-4-9-18-12(16)14-5-7-15(8-6-14)13(17)19-10-11(2)3/h1H,2,5-10H2,3H3. The van der Waals surface area contributed by atoms with Gasteiger partial charge in [-0.3, -0.25) is 0 Å². The van der Waals surface area contributed by atoms with Crippen LogP contribution in [0.3, 0.4) is 0 Å². The summed E-state index contributed by atoms with van der Waals surface area (Å²) < 4.78 is 9.84. The molecule has 1 rings (SSSR count). The van der Waals surface area contributed by atoms with Crippen LogP contribution in [0.1, 0.15) is 6.92 Å². The van der Waals surface area contributed by atoms with Gasteiger partial charge in [-0.15, -0.1) is 6.42 Å². The summed E-state index contributed by atoms with van der Waals surface area (Å²) in [6.07, 6.45) is 4.16. The fourth-order valence-corrected chi connectivity index (χ4v) is 1.54. The molecule has 0 aromatic rings. The van der Waals surface area contributed by atoms with Gasteiger partial charge in [-0.05, 0) is 12.5 Å². The quantitative estimate of drug-likeness (QED) is 0.566. The van der Waals surface area contributed by atoms with Gasteiger partial charge in [0.25, 0.3) is 0 Å². The van der Waals surface area contributed by atoms with Gasteiger partial charge in [-0.2, -0.15) is 0 Å². The van der Waals surface area contributed by atoms with Crippen molar-refractivity contribution in [2.24, 2.45) is 0 Å². The third kappa shape index (κ3) is 4.92. The number of ether oxygens (including phenoxy) is 2. The van der Waals surface area contributed by atoms with Crippen LogP contribution in [0.15, 0.2) is 12.2 Å². The Kier molecular flexibility index (Phi) is 5.73. The lowest BCUT2D eigenvalue weighted by molar-refractivity contribution is 0.0680. The van der Waals surface area contributed by atoms with E-state index in [0.717, 1.165) is 5.57 Å². The molecule has 1 aliphatic heterocycles. The van der Waals surface area contributed by atoms with Gasteiger partial charge in [0.05, 0.1) is 0 Å². The van der Waals surface area contributed by atoms with Gasteiger partial charge in [-0.1, -0.05) is 12.5 Å². The molecule has 1 saturated heterocycles. The molecule has 19 heavy (non-hydrogen) atoms. The summed E-state index contributed by atoms with van der Waals surface area (Å²) in [5.41, 5.74) is 0.782. The van der Waals surface area contributed by atoms with Crippen molar-refractivity contribution in [3.05, 3.63) is 12.2 Å². The molecule has 104 valence electrons. The van der Waals surface area contributed by atoms with E-state index in [-0.39, 0.29) is 19.3 Å². The van der Waals surface area contributed by atoms with Crippen molar-refractivity contribution in [1.29, 1.82) is 0 Å². The van der Waals surface area contributed by atoms with Crippen LogP contribution in [0.4, 0.5) is 9.59 Å². The summed E-state index contributed by atoms with van der Waals surface area (Å²) in [5.74, 6) is 2.23. The highest BCUT2D eigenvalue weighted by atomic mass is 16.6. The van der Waals surface area contributed by atoms with Crippen LogP contribution in [0.25, 0.3) is 0 Å². The fourth-order valence-electron chi connectivity index (χ4n) is 1.54. The number of hydrogen-bond acceptors (Lipinski definition) is 4. The Labute approximate surface area is 112 Å². The number of nitrogens with zero attached hydrogens (tertiary/aromatic N) is 2. The minimum absolute atomic E-state index is 0.0420. The molecule has 0 unspecified atom stereocenters. The van der Waals surface area contributed by atoms with E-state index in [2.05, 4.69) is 12.5 Å². The number of terminal acetylenes is 1. The zero-order valence-corrected chi connectivity index (χ0v) is 11.1. The van der Waals surface area contributed by atoms with Crippen LogP contribution >= 0.6 is 0 Å². The van der Waals surface area contributed by atoms with E-state index in [1.54, 1.807) is 11.8 Å². The molecule has 0 N–H and O–H groups in total. The third-order valence-corrected chi connectivity index (χ3v) is 2.52. The topological polar surface area (TPSA) is 59.1 Å². The zero-order valence-electron chi connectivity index (χ0n) is 11.1. The van der Waals surface area contributed by atoms with E-state index < -0.39 is 6.09 Å². The Balaban J connectivity index is 2.32. The highest BCUT2D eigenvalue weighted by molar-refractivity contribution is 5.70. The van der Waals surface area contributed by atoms with Crippen LogP contribution in [-0.2, 0) is 9.47 Å². The van der Waals surface area contributed by atoms with Crippen molar-refractivity contribution in [2.75, 3.05) is 39.4 Å². The molecule has 2 amide bonds. The van der Waals surface area contributed by atoms with E-state index >= 15 is 0 Å². The normalized spacial score (nSPS) is 14.5. The molecule has 0 bridgehead atoms. The zero-order chi connectivity index (χ0) is 14.3. The van der Waals surface area contributed by atoms with Gasteiger partial charge in [0.1, 0.15) is 6.61 Å². The molecule has 6 heteroatoms. The SMILES string of the molecule is C#CCOC(=O)N1CCN(C(=O)OCC(=C)C)CC1. The molecule has 0 aromatic carbocycles. The smallest absolute Gasteiger partial charge is 0.410 e. The molecular weight excluding hydrogens is 248 g/mol. The predicted molar refractivity (Wildman–Crippen MR) is 69.5 cm³/mol. The Bertz CT molecular complexity index is 392. The summed E-state index contributed by atoms with van der Waals surface area (Å²) in [5, 5.41) is 0. The first-order chi connectivity index (χ1) is 9.04. The van der Waals surface area contributed by atoms with Gasteiger partial charge >= 0.3 is 12.2 Å². The number of carbonyl (C=O) groups excluding carboxylic acids is 2. The maximum atomic E-state index is 11.7. The average Bonchev–Trinajstić information content (AvgIpc) is 2.42. The van der Waals surface area contributed by atoms with Crippen molar-refractivity contribution < 1.29 is 19.1 Å². The molecular formula is C13H18N2O4.